The number of hydrogen-bond acceptors (Lipinski definition) is 1. The summed E-state index contributed by atoms with van der Waals surface area (Å²) in [4.78, 5) is 0. The van der Waals surface area contributed by atoms with E-state index in [9.17, 15) is 5.11 Å². The van der Waals surface area contributed by atoms with Crippen LogP contribution in [0.1, 0.15) is 27.7 Å². The minimum absolute atomic E-state index is 0.171. The fourth-order valence-electron chi connectivity index (χ4n) is 1.62. The van der Waals surface area contributed by atoms with E-state index in [0.29, 0.717) is 0 Å². The molecule has 0 aliphatic heterocycles. The van der Waals surface area contributed by atoms with E-state index in [1.165, 1.54) is 0 Å². The van der Waals surface area contributed by atoms with Gasteiger partial charge in [0.05, 0.1) is 19.6 Å². The summed E-state index contributed by atoms with van der Waals surface area (Å²) in [6.45, 7) is 12.7. The van der Waals surface area contributed by atoms with E-state index in [0.717, 1.165) is 30.7 Å². The molecule has 0 spiro atoms. The molecule has 0 bridgehead atoms. The van der Waals surface area contributed by atoms with Gasteiger partial charge in [0, 0.05) is 0 Å². The molecular formula is C9H22NO+. The van der Waals surface area contributed by atoms with Crippen LogP contribution in [0.5, 0.6) is 0 Å². The van der Waals surface area contributed by atoms with E-state index < -0.39 is 0 Å². The van der Waals surface area contributed by atoms with Gasteiger partial charge in [-0.15, -0.1) is 0 Å². The van der Waals surface area contributed by atoms with Crippen LogP contribution in [-0.4, -0.2) is 41.9 Å². The summed E-state index contributed by atoms with van der Waals surface area (Å²) in [5, 5.41) is 9.27. The van der Waals surface area contributed by atoms with E-state index in [2.05, 4.69) is 20.8 Å². The Morgan fingerprint density at radius 1 is 1.09 bits per heavy atom. The molecule has 1 N–H and O–H groups in total. The molecule has 2 heteroatoms. The van der Waals surface area contributed by atoms with Crippen molar-refractivity contribution in [2.24, 2.45) is 0 Å². The minimum Gasteiger partial charge on any atom is -0.388 e. The standard InChI is InChI=1S/C9H22NO/c1-5-10(6-2,7-3)8-9(4)11/h9,11H,5-8H2,1-4H3/q+1. The highest BCUT2D eigenvalue weighted by Gasteiger charge is 2.22. The fourth-order valence-corrected chi connectivity index (χ4v) is 1.62. The molecule has 0 fully saturated rings. The third kappa shape index (κ3) is 3.21. The van der Waals surface area contributed by atoms with Crippen molar-refractivity contribution in [3.8, 4) is 0 Å². The van der Waals surface area contributed by atoms with Crippen LogP contribution in [0.25, 0.3) is 0 Å². The maximum atomic E-state index is 9.27. The summed E-state index contributed by atoms with van der Waals surface area (Å²) in [6, 6.07) is 0. The Balaban J connectivity index is 4.05. The van der Waals surface area contributed by atoms with Crippen molar-refractivity contribution < 1.29 is 9.59 Å². The van der Waals surface area contributed by atoms with Gasteiger partial charge in [0.15, 0.2) is 0 Å². The van der Waals surface area contributed by atoms with Crippen molar-refractivity contribution in [2.75, 3.05) is 26.2 Å². The maximum absolute atomic E-state index is 9.27. The molecule has 68 valence electrons. The quantitative estimate of drug-likeness (QED) is 0.600. The highest BCUT2D eigenvalue weighted by molar-refractivity contribution is 4.45. The van der Waals surface area contributed by atoms with Crippen molar-refractivity contribution in [2.45, 2.75) is 33.8 Å². The zero-order chi connectivity index (χ0) is 8.91. The molecule has 0 aliphatic carbocycles. The second-order valence-electron chi connectivity index (χ2n) is 3.32. The first-order valence-corrected chi connectivity index (χ1v) is 4.63. The van der Waals surface area contributed by atoms with Gasteiger partial charge in [-0.2, -0.15) is 0 Å². The van der Waals surface area contributed by atoms with Gasteiger partial charge >= 0.3 is 0 Å². The van der Waals surface area contributed by atoms with Gasteiger partial charge in [0.25, 0.3) is 0 Å². The molecule has 0 radical (unpaired) electrons. The van der Waals surface area contributed by atoms with Crippen LogP contribution >= 0.6 is 0 Å². The Hall–Kier alpha value is -0.0800. The maximum Gasteiger partial charge on any atom is 0.105 e. The lowest BCUT2D eigenvalue weighted by atomic mass is 10.2. The van der Waals surface area contributed by atoms with Crippen LogP contribution in [0.3, 0.4) is 0 Å². The average Bonchev–Trinajstić information content (AvgIpc) is 2.00. The van der Waals surface area contributed by atoms with Gasteiger partial charge in [-0.05, 0) is 27.7 Å². The number of hydrogen-bond donors (Lipinski definition) is 1. The van der Waals surface area contributed by atoms with Crippen molar-refractivity contribution >= 4 is 0 Å². The smallest absolute Gasteiger partial charge is 0.105 e. The first-order valence-electron chi connectivity index (χ1n) is 4.63. The number of aliphatic hydroxyl groups is 1. The second kappa shape index (κ2) is 4.73. The monoisotopic (exact) mass is 160 g/mol. The Labute approximate surface area is 70.4 Å². The molecule has 11 heavy (non-hydrogen) atoms. The lowest BCUT2D eigenvalue weighted by Gasteiger charge is -2.36. The molecule has 0 aromatic rings. The van der Waals surface area contributed by atoms with Gasteiger partial charge in [0.1, 0.15) is 12.6 Å². The van der Waals surface area contributed by atoms with E-state index in [4.69, 9.17) is 0 Å². The summed E-state index contributed by atoms with van der Waals surface area (Å²) in [5.41, 5.74) is 0. The molecule has 0 saturated carbocycles. The van der Waals surface area contributed by atoms with E-state index in [1.807, 2.05) is 6.92 Å². The topological polar surface area (TPSA) is 20.2 Å². The van der Waals surface area contributed by atoms with Crippen LogP contribution < -0.4 is 0 Å². The van der Waals surface area contributed by atoms with Crippen molar-refractivity contribution in [3.05, 3.63) is 0 Å². The summed E-state index contributed by atoms with van der Waals surface area (Å²) in [7, 11) is 0. The Morgan fingerprint density at radius 2 is 1.45 bits per heavy atom. The van der Waals surface area contributed by atoms with E-state index >= 15 is 0 Å². The largest absolute Gasteiger partial charge is 0.388 e. The number of aliphatic hydroxyl groups excluding tert-OH is 1. The SMILES string of the molecule is CC[N+](CC)(CC)CC(C)O. The summed E-state index contributed by atoms with van der Waals surface area (Å²) >= 11 is 0. The van der Waals surface area contributed by atoms with Gasteiger partial charge in [0.2, 0.25) is 0 Å². The first kappa shape index (κ1) is 10.9. The molecule has 1 atom stereocenters. The second-order valence-corrected chi connectivity index (χ2v) is 3.32. The van der Waals surface area contributed by atoms with Crippen molar-refractivity contribution in [3.63, 3.8) is 0 Å². The molecule has 0 heterocycles. The highest BCUT2D eigenvalue weighted by atomic mass is 16.3. The molecule has 0 aromatic heterocycles. The summed E-state index contributed by atoms with van der Waals surface area (Å²) < 4.78 is 1.04. The summed E-state index contributed by atoms with van der Waals surface area (Å²) in [6.07, 6.45) is -0.171. The van der Waals surface area contributed by atoms with Gasteiger partial charge < -0.3 is 9.59 Å². The molecule has 2 nitrogen and oxygen atoms in total. The number of nitrogens with zero attached hydrogens (tertiary/aromatic N) is 1. The zero-order valence-corrected chi connectivity index (χ0v) is 8.30. The third-order valence-corrected chi connectivity index (χ3v) is 2.66. The molecule has 0 amide bonds. The zero-order valence-electron chi connectivity index (χ0n) is 8.30. The predicted molar refractivity (Wildman–Crippen MR) is 48.4 cm³/mol. The Kier molecular flexibility index (Phi) is 4.69. The Morgan fingerprint density at radius 3 is 1.55 bits per heavy atom. The van der Waals surface area contributed by atoms with E-state index in [-0.39, 0.29) is 6.10 Å². The molecule has 1 unspecified atom stereocenters. The normalized spacial score (nSPS) is 15.0. The van der Waals surface area contributed by atoms with Crippen LogP contribution in [0, 0.1) is 0 Å². The highest BCUT2D eigenvalue weighted by Crippen LogP contribution is 2.06. The van der Waals surface area contributed by atoms with Crippen molar-refractivity contribution in [1.29, 1.82) is 0 Å². The molecular weight excluding hydrogens is 138 g/mol. The average molecular weight is 160 g/mol. The number of rotatable bonds is 5. The molecule has 0 rings (SSSR count). The lowest BCUT2D eigenvalue weighted by molar-refractivity contribution is -0.925. The van der Waals surface area contributed by atoms with E-state index in [1.54, 1.807) is 0 Å². The van der Waals surface area contributed by atoms with Gasteiger partial charge in [-0.1, -0.05) is 0 Å². The third-order valence-electron chi connectivity index (χ3n) is 2.66. The lowest BCUT2D eigenvalue weighted by Crippen LogP contribution is -2.51. The molecule has 0 saturated heterocycles. The molecule has 0 aromatic carbocycles. The fraction of sp³-hybridized carbons (Fsp3) is 1.00. The number of likely N-dealkylation sites (N-methyl/N-ethyl adjacent to an activating group) is 1. The van der Waals surface area contributed by atoms with Crippen LogP contribution in [0.2, 0.25) is 0 Å². The minimum atomic E-state index is -0.171. The van der Waals surface area contributed by atoms with Gasteiger partial charge in [-0.25, -0.2) is 0 Å². The van der Waals surface area contributed by atoms with Crippen LogP contribution in [0.4, 0.5) is 0 Å². The van der Waals surface area contributed by atoms with Gasteiger partial charge in [-0.3, -0.25) is 0 Å². The van der Waals surface area contributed by atoms with Crippen molar-refractivity contribution in [1.82, 2.24) is 0 Å². The van der Waals surface area contributed by atoms with Crippen LogP contribution in [0.15, 0.2) is 0 Å². The molecule has 0 aliphatic rings. The first-order chi connectivity index (χ1) is 5.10. The summed E-state index contributed by atoms with van der Waals surface area (Å²) in [5.74, 6) is 0. The van der Waals surface area contributed by atoms with Crippen LogP contribution in [-0.2, 0) is 0 Å². The predicted octanol–water partition coefficient (Wildman–Crippen LogP) is 1.24. The Bertz CT molecular complexity index is 89.5. The number of quaternary nitrogens is 1.